The van der Waals surface area contributed by atoms with Gasteiger partial charge in [0.25, 0.3) is 0 Å². The van der Waals surface area contributed by atoms with E-state index in [9.17, 15) is 0 Å². The van der Waals surface area contributed by atoms with E-state index < -0.39 is 0 Å². The minimum atomic E-state index is 0.389. The van der Waals surface area contributed by atoms with Crippen LogP contribution in [-0.4, -0.2) is 17.0 Å². The van der Waals surface area contributed by atoms with E-state index >= 15 is 0 Å². The highest BCUT2D eigenvalue weighted by Crippen LogP contribution is 2.58. The molecule has 3 rings (SSSR count). The largest absolute Gasteiger partial charge is 0.372 e. The molecule has 1 N–H and O–H groups in total. The van der Waals surface area contributed by atoms with E-state index in [1.54, 1.807) is 0 Å². The molecule has 17 heavy (non-hydrogen) atoms. The highest BCUT2D eigenvalue weighted by atomic mass is 79.9. The van der Waals surface area contributed by atoms with Crippen molar-refractivity contribution < 1.29 is 0 Å². The van der Waals surface area contributed by atoms with E-state index in [2.05, 4.69) is 40.1 Å². The average Bonchev–Trinajstić information content (AvgIpc) is 3.16. The Morgan fingerprint density at radius 3 is 2.41 bits per heavy atom. The fourth-order valence-electron chi connectivity index (χ4n) is 2.34. The van der Waals surface area contributed by atoms with Crippen LogP contribution in [0.15, 0.2) is 4.47 Å². The van der Waals surface area contributed by atoms with Crippen LogP contribution in [0.1, 0.15) is 56.5 Å². The molecule has 1 aromatic rings. The lowest BCUT2D eigenvalue weighted by Crippen LogP contribution is -2.06. The molecule has 1 unspecified atom stereocenters. The van der Waals surface area contributed by atoms with Gasteiger partial charge in [-0.3, -0.25) is 0 Å². The summed E-state index contributed by atoms with van der Waals surface area (Å²) in [5.74, 6) is 3.17. The number of halogens is 1. The Labute approximate surface area is 111 Å². The van der Waals surface area contributed by atoms with Gasteiger partial charge in [-0.1, -0.05) is 13.8 Å². The van der Waals surface area contributed by atoms with Crippen LogP contribution in [0.4, 0.5) is 5.82 Å². The van der Waals surface area contributed by atoms with Crippen LogP contribution in [0.3, 0.4) is 0 Å². The molecule has 2 aliphatic rings. The summed E-state index contributed by atoms with van der Waals surface area (Å²) >= 11 is 3.63. The molecule has 0 bridgehead atoms. The molecule has 1 aromatic heterocycles. The Kier molecular flexibility index (Phi) is 2.47. The Balaban J connectivity index is 2.02. The zero-order chi connectivity index (χ0) is 12.2. The highest BCUT2D eigenvalue weighted by molar-refractivity contribution is 9.10. The molecular weight excluding hydrogens is 278 g/mol. The van der Waals surface area contributed by atoms with E-state index in [1.165, 1.54) is 25.0 Å². The zero-order valence-electron chi connectivity index (χ0n) is 10.5. The smallest absolute Gasteiger partial charge is 0.144 e. The summed E-state index contributed by atoms with van der Waals surface area (Å²) in [6, 6.07) is 0. The van der Waals surface area contributed by atoms with Crippen molar-refractivity contribution in [1.29, 1.82) is 0 Å². The van der Waals surface area contributed by atoms with Crippen molar-refractivity contribution >= 4 is 21.7 Å². The third-order valence-corrected chi connectivity index (χ3v) is 4.70. The second-order valence-electron chi connectivity index (χ2n) is 5.90. The minimum absolute atomic E-state index is 0.389. The van der Waals surface area contributed by atoms with Gasteiger partial charge in [0, 0.05) is 18.9 Å². The van der Waals surface area contributed by atoms with Crippen LogP contribution in [0.5, 0.6) is 0 Å². The van der Waals surface area contributed by atoms with Gasteiger partial charge in [0.15, 0.2) is 0 Å². The van der Waals surface area contributed by atoms with Gasteiger partial charge in [-0.2, -0.15) is 0 Å². The second kappa shape index (κ2) is 3.67. The van der Waals surface area contributed by atoms with Gasteiger partial charge in [-0.05, 0) is 40.6 Å². The molecule has 0 amide bonds. The predicted octanol–water partition coefficient (Wildman–Crippen LogP) is 3.67. The van der Waals surface area contributed by atoms with Crippen molar-refractivity contribution in [2.24, 2.45) is 5.41 Å². The number of nitrogens with zero attached hydrogens (tertiary/aromatic N) is 2. The van der Waals surface area contributed by atoms with Gasteiger partial charge in [0.1, 0.15) is 11.6 Å². The zero-order valence-corrected chi connectivity index (χ0v) is 12.1. The maximum atomic E-state index is 4.80. The van der Waals surface area contributed by atoms with Crippen molar-refractivity contribution in [1.82, 2.24) is 9.97 Å². The fraction of sp³-hybridized carbons (Fsp3) is 0.692. The van der Waals surface area contributed by atoms with E-state index in [4.69, 9.17) is 4.98 Å². The Morgan fingerprint density at radius 2 is 1.94 bits per heavy atom. The number of rotatable bonds is 3. The second-order valence-corrected chi connectivity index (χ2v) is 6.69. The molecule has 2 fully saturated rings. The molecule has 2 aliphatic carbocycles. The number of hydrogen-bond acceptors (Lipinski definition) is 3. The molecule has 2 saturated carbocycles. The third kappa shape index (κ3) is 1.96. The number of hydrogen-bond donors (Lipinski definition) is 1. The van der Waals surface area contributed by atoms with E-state index in [0.29, 0.717) is 17.3 Å². The molecule has 3 nitrogen and oxygen atoms in total. The lowest BCUT2D eigenvalue weighted by molar-refractivity contribution is 0.606. The third-order valence-electron chi connectivity index (χ3n) is 3.92. The molecule has 0 aromatic carbocycles. The first-order chi connectivity index (χ1) is 8.03. The van der Waals surface area contributed by atoms with Gasteiger partial charge in [-0.15, -0.1) is 0 Å². The Morgan fingerprint density at radius 1 is 1.29 bits per heavy atom. The quantitative estimate of drug-likeness (QED) is 0.924. The molecule has 1 atom stereocenters. The maximum absolute atomic E-state index is 4.80. The lowest BCUT2D eigenvalue weighted by atomic mass is 10.1. The Hall–Kier alpha value is -0.640. The van der Waals surface area contributed by atoms with Gasteiger partial charge in [-0.25, -0.2) is 9.97 Å². The first kappa shape index (κ1) is 11.5. The van der Waals surface area contributed by atoms with Gasteiger partial charge >= 0.3 is 0 Å². The summed E-state index contributed by atoms with van der Waals surface area (Å²) in [7, 11) is 1.92. The average molecular weight is 296 g/mol. The summed E-state index contributed by atoms with van der Waals surface area (Å²) in [5.41, 5.74) is 1.60. The highest BCUT2D eigenvalue weighted by Gasteiger charge is 2.49. The molecule has 0 saturated heterocycles. The summed E-state index contributed by atoms with van der Waals surface area (Å²) in [6.07, 6.45) is 3.75. The van der Waals surface area contributed by atoms with Crippen LogP contribution in [0.25, 0.3) is 0 Å². The number of nitrogens with one attached hydrogen (secondary N) is 1. The molecule has 4 heteroatoms. The van der Waals surface area contributed by atoms with Gasteiger partial charge in [0.05, 0.1) is 10.2 Å². The van der Waals surface area contributed by atoms with E-state index in [0.717, 1.165) is 16.1 Å². The van der Waals surface area contributed by atoms with E-state index in [-0.39, 0.29) is 0 Å². The van der Waals surface area contributed by atoms with Crippen molar-refractivity contribution in [2.75, 3.05) is 12.4 Å². The van der Waals surface area contributed by atoms with Gasteiger partial charge < -0.3 is 5.32 Å². The molecule has 92 valence electrons. The van der Waals surface area contributed by atoms with Crippen LogP contribution >= 0.6 is 15.9 Å². The summed E-state index contributed by atoms with van der Waals surface area (Å²) in [5, 5.41) is 3.17. The summed E-state index contributed by atoms with van der Waals surface area (Å²) in [4.78, 5) is 9.45. The van der Waals surface area contributed by atoms with Crippen LogP contribution in [0, 0.1) is 5.41 Å². The Bertz CT molecular complexity index is 466. The standard InChI is InChI=1S/C13H18BrN3/c1-13(2)6-8(13)11-16-10(7-4-5-7)9(14)12(15-3)17-11/h7-8H,4-6H2,1-3H3,(H,15,16,17). The van der Waals surface area contributed by atoms with Crippen LogP contribution in [0.2, 0.25) is 0 Å². The minimum Gasteiger partial charge on any atom is -0.372 e. The topological polar surface area (TPSA) is 37.8 Å². The summed E-state index contributed by atoms with van der Waals surface area (Å²) < 4.78 is 1.06. The fourth-order valence-corrected chi connectivity index (χ4v) is 3.04. The maximum Gasteiger partial charge on any atom is 0.144 e. The molecule has 0 spiro atoms. The van der Waals surface area contributed by atoms with Crippen molar-refractivity contribution in [3.63, 3.8) is 0 Å². The predicted molar refractivity (Wildman–Crippen MR) is 72.4 cm³/mol. The first-order valence-corrected chi connectivity index (χ1v) is 7.07. The monoisotopic (exact) mass is 295 g/mol. The SMILES string of the molecule is CNc1nc(C2CC2(C)C)nc(C2CC2)c1Br. The van der Waals surface area contributed by atoms with Crippen molar-refractivity contribution in [3.05, 3.63) is 16.0 Å². The van der Waals surface area contributed by atoms with Crippen molar-refractivity contribution in [2.45, 2.75) is 44.9 Å². The molecule has 0 radical (unpaired) electrons. The summed E-state index contributed by atoms with van der Waals surface area (Å²) in [6.45, 7) is 4.58. The molecular formula is C13H18BrN3. The van der Waals surface area contributed by atoms with Gasteiger partial charge in [0.2, 0.25) is 0 Å². The van der Waals surface area contributed by atoms with Crippen LogP contribution in [-0.2, 0) is 0 Å². The number of anilines is 1. The van der Waals surface area contributed by atoms with Crippen molar-refractivity contribution in [3.8, 4) is 0 Å². The lowest BCUT2D eigenvalue weighted by Gasteiger charge is -2.11. The normalized spacial score (nSPS) is 25.8. The molecule has 0 aliphatic heterocycles. The molecule has 1 heterocycles. The number of aromatic nitrogens is 2. The van der Waals surface area contributed by atoms with Crippen LogP contribution < -0.4 is 5.32 Å². The first-order valence-electron chi connectivity index (χ1n) is 6.28. The van der Waals surface area contributed by atoms with E-state index in [1.807, 2.05) is 7.05 Å².